The number of hydrogen-bond donors (Lipinski definition) is 1. The van der Waals surface area contributed by atoms with Crippen LogP contribution in [0.25, 0.3) is 0 Å². The van der Waals surface area contributed by atoms with E-state index in [0.717, 1.165) is 11.8 Å². The predicted molar refractivity (Wildman–Crippen MR) is 81.2 cm³/mol. The zero-order valence-corrected chi connectivity index (χ0v) is 13.0. The highest BCUT2D eigenvalue weighted by molar-refractivity contribution is 5.67. The summed E-state index contributed by atoms with van der Waals surface area (Å²) in [5.41, 5.74) is 0.464. The summed E-state index contributed by atoms with van der Waals surface area (Å²) in [5.74, 6) is -1.33. The molecule has 0 aliphatic carbocycles. The van der Waals surface area contributed by atoms with E-state index >= 15 is 0 Å². The van der Waals surface area contributed by atoms with Gasteiger partial charge in [-0.05, 0) is 23.1 Å². The van der Waals surface area contributed by atoms with E-state index in [0.29, 0.717) is 19.6 Å². The van der Waals surface area contributed by atoms with Crippen LogP contribution < -0.4 is 0 Å². The molecule has 0 spiro atoms. The molecule has 4 nitrogen and oxygen atoms in total. The van der Waals surface area contributed by atoms with Crippen molar-refractivity contribution in [3.63, 3.8) is 0 Å². The van der Waals surface area contributed by atoms with Gasteiger partial charge in [-0.3, -0.25) is 4.79 Å². The second-order valence-electron chi connectivity index (χ2n) is 6.89. The minimum absolute atomic E-state index is 0.0335. The van der Waals surface area contributed by atoms with Crippen LogP contribution in [0.5, 0.6) is 0 Å². The monoisotopic (exact) mass is 307 g/mol. The standard InChI is InChI=1S/C17H22FNO3/c1-17(2,7-16(21)22)11-19-8-13(10-20)15(9-19)12-4-3-5-14(18)6-12/h3-6,10,13,15H,7-9,11H2,1-2H3,(H,21,22). The van der Waals surface area contributed by atoms with E-state index in [9.17, 15) is 14.0 Å². The van der Waals surface area contributed by atoms with Crippen molar-refractivity contribution in [1.82, 2.24) is 4.90 Å². The number of hydrogen-bond acceptors (Lipinski definition) is 3. The van der Waals surface area contributed by atoms with Crippen molar-refractivity contribution in [2.45, 2.75) is 26.2 Å². The molecule has 0 aromatic heterocycles. The molecule has 5 heteroatoms. The number of carboxylic acid groups (broad SMARTS) is 1. The molecule has 1 aromatic carbocycles. The summed E-state index contributed by atoms with van der Waals surface area (Å²) in [5, 5.41) is 8.97. The van der Waals surface area contributed by atoms with Crippen LogP contribution in [0.2, 0.25) is 0 Å². The molecule has 0 amide bonds. The van der Waals surface area contributed by atoms with E-state index in [-0.39, 0.29) is 29.5 Å². The van der Waals surface area contributed by atoms with Crippen molar-refractivity contribution in [2.24, 2.45) is 11.3 Å². The lowest BCUT2D eigenvalue weighted by molar-refractivity contribution is -0.139. The van der Waals surface area contributed by atoms with Gasteiger partial charge in [-0.15, -0.1) is 0 Å². The van der Waals surface area contributed by atoms with E-state index < -0.39 is 5.97 Å². The SMILES string of the molecule is CC(C)(CC(=O)O)CN1CC(C=O)C(c2cccc(F)c2)C1. The summed E-state index contributed by atoms with van der Waals surface area (Å²) in [6.07, 6.45) is 1.01. The summed E-state index contributed by atoms with van der Waals surface area (Å²) in [6.45, 7) is 5.66. The normalized spacial score (nSPS) is 22.7. The molecule has 120 valence electrons. The third kappa shape index (κ3) is 4.13. The summed E-state index contributed by atoms with van der Waals surface area (Å²) in [7, 11) is 0. The molecule has 1 heterocycles. The van der Waals surface area contributed by atoms with E-state index in [1.54, 1.807) is 6.07 Å². The third-order valence-corrected chi connectivity index (χ3v) is 4.17. The quantitative estimate of drug-likeness (QED) is 0.821. The van der Waals surface area contributed by atoms with Gasteiger partial charge >= 0.3 is 5.97 Å². The molecule has 1 saturated heterocycles. The van der Waals surface area contributed by atoms with Gasteiger partial charge in [0.1, 0.15) is 12.1 Å². The molecule has 1 N–H and O–H groups in total. The van der Waals surface area contributed by atoms with E-state index in [4.69, 9.17) is 5.11 Å². The van der Waals surface area contributed by atoms with Crippen molar-refractivity contribution in [1.29, 1.82) is 0 Å². The smallest absolute Gasteiger partial charge is 0.303 e. The van der Waals surface area contributed by atoms with Gasteiger partial charge in [0.25, 0.3) is 0 Å². The Hall–Kier alpha value is -1.75. The van der Waals surface area contributed by atoms with Crippen LogP contribution in [0.1, 0.15) is 31.7 Å². The summed E-state index contributed by atoms with van der Waals surface area (Å²) < 4.78 is 13.4. The molecule has 2 atom stereocenters. The zero-order chi connectivity index (χ0) is 16.3. The minimum Gasteiger partial charge on any atom is -0.481 e. The number of likely N-dealkylation sites (tertiary alicyclic amines) is 1. The van der Waals surface area contributed by atoms with Crippen LogP contribution in [-0.2, 0) is 9.59 Å². The highest BCUT2D eigenvalue weighted by Crippen LogP contribution is 2.34. The second kappa shape index (κ2) is 6.57. The van der Waals surface area contributed by atoms with Crippen LogP contribution in [-0.4, -0.2) is 41.9 Å². The molecule has 1 aromatic rings. The number of benzene rings is 1. The van der Waals surface area contributed by atoms with Gasteiger partial charge in [-0.2, -0.15) is 0 Å². The first kappa shape index (κ1) is 16.6. The van der Waals surface area contributed by atoms with Crippen LogP contribution in [0.15, 0.2) is 24.3 Å². The van der Waals surface area contributed by atoms with Crippen molar-refractivity contribution in [3.05, 3.63) is 35.6 Å². The molecular formula is C17H22FNO3. The topological polar surface area (TPSA) is 57.6 Å². The van der Waals surface area contributed by atoms with Crippen molar-refractivity contribution >= 4 is 12.3 Å². The maximum Gasteiger partial charge on any atom is 0.303 e. The Morgan fingerprint density at radius 2 is 2.18 bits per heavy atom. The number of nitrogens with zero attached hydrogens (tertiary/aromatic N) is 1. The summed E-state index contributed by atoms with van der Waals surface area (Å²) in [4.78, 5) is 24.4. The first-order valence-corrected chi connectivity index (χ1v) is 7.45. The number of carbonyl (C=O) groups is 2. The first-order valence-electron chi connectivity index (χ1n) is 7.45. The molecule has 22 heavy (non-hydrogen) atoms. The molecule has 2 unspecified atom stereocenters. The second-order valence-corrected chi connectivity index (χ2v) is 6.89. The molecular weight excluding hydrogens is 285 g/mol. The van der Waals surface area contributed by atoms with E-state index in [1.807, 2.05) is 19.9 Å². The van der Waals surface area contributed by atoms with Gasteiger partial charge in [0.05, 0.1) is 6.42 Å². The molecule has 1 fully saturated rings. The van der Waals surface area contributed by atoms with Gasteiger partial charge in [-0.1, -0.05) is 26.0 Å². The molecule has 2 rings (SSSR count). The average Bonchev–Trinajstić information content (AvgIpc) is 2.79. The Kier molecular flexibility index (Phi) is 4.96. The minimum atomic E-state index is -0.821. The van der Waals surface area contributed by atoms with Crippen molar-refractivity contribution in [2.75, 3.05) is 19.6 Å². The highest BCUT2D eigenvalue weighted by atomic mass is 19.1. The average molecular weight is 307 g/mol. The van der Waals surface area contributed by atoms with Crippen LogP contribution in [0.3, 0.4) is 0 Å². The van der Waals surface area contributed by atoms with E-state index in [1.165, 1.54) is 12.1 Å². The van der Waals surface area contributed by atoms with Crippen LogP contribution in [0, 0.1) is 17.2 Å². The number of carboxylic acids is 1. The zero-order valence-electron chi connectivity index (χ0n) is 13.0. The van der Waals surface area contributed by atoms with Crippen LogP contribution >= 0.6 is 0 Å². The predicted octanol–water partition coefficient (Wildman–Crippen LogP) is 2.54. The first-order chi connectivity index (χ1) is 10.3. The number of halogens is 1. The van der Waals surface area contributed by atoms with Gasteiger partial charge in [0, 0.05) is 31.5 Å². The molecule has 0 radical (unpaired) electrons. The third-order valence-electron chi connectivity index (χ3n) is 4.17. The Morgan fingerprint density at radius 1 is 1.45 bits per heavy atom. The van der Waals surface area contributed by atoms with Crippen molar-refractivity contribution < 1.29 is 19.1 Å². The highest BCUT2D eigenvalue weighted by Gasteiger charge is 2.36. The fraction of sp³-hybridized carbons (Fsp3) is 0.529. The van der Waals surface area contributed by atoms with Crippen molar-refractivity contribution in [3.8, 4) is 0 Å². The van der Waals surface area contributed by atoms with E-state index in [2.05, 4.69) is 4.90 Å². The van der Waals surface area contributed by atoms with Crippen LogP contribution in [0.4, 0.5) is 4.39 Å². The lowest BCUT2D eigenvalue weighted by Gasteiger charge is -2.28. The largest absolute Gasteiger partial charge is 0.481 e. The lowest BCUT2D eigenvalue weighted by atomic mass is 9.88. The maximum atomic E-state index is 13.4. The fourth-order valence-electron chi connectivity index (χ4n) is 3.34. The summed E-state index contributed by atoms with van der Waals surface area (Å²) >= 11 is 0. The number of rotatable bonds is 6. The molecule has 1 aliphatic heterocycles. The Labute approximate surface area is 129 Å². The van der Waals surface area contributed by atoms with Gasteiger partial charge < -0.3 is 14.8 Å². The molecule has 1 aliphatic rings. The Morgan fingerprint density at radius 3 is 2.77 bits per heavy atom. The van der Waals surface area contributed by atoms with Gasteiger partial charge in [0.15, 0.2) is 0 Å². The Balaban J connectivity index is 2.09. The Bertz CT molecular complexity index is 559. The summed E-state index contributed by atoms with van der Waals surface area (Å²) in [6, 6.07) is 6.37. The number of aliphatic carboxylic acids is 1. The maximum absolute atomic E-state index is 13.4. The number of carbonyl (C=O) groups excluding carboxylic acids is 1. The van der Waals surface area contributed by atoms with Gasteiger partial charge in [0.2, 0.25) is 0 Å². The molecule has 0 saturated carbocycles. The lowest BCUT2D eigenvalue weighted by Crippen LogP contribution is -2.34. The molecule has 0 bridgehead atoms. The van der Waals surface area contributed by atoms with Gasteiger partial charge in [-0.25, -0.2) is 4.39 Å². The fourth-order valence-corrected chi connectivity index (χ4v) is 3.34. The number of aldehydes is 1.